The van der Waals surface area contributed by atoms with Gasteiger partial charge in [0.1, 0.15) is 19.3 Å². The molecule has 0 radical (unpaired) electrons. The Morgan fingerprint density at radius 2 is 1.24 bits per heavy atom. The van der Waals surface area contributed by atoms with E-state index in [1.54, 1.807) is 0 Å². The van der Waals surface area contributed by atoms with Gasteiger partial charge in [-0.1, -0.05) is 84.0 Å². The summed E-state index contributed by atoms with van der Waals surface area (Å²) in [7, 11) is 1.61. The third-order valence-electron chi connectivity index (χ3n) is 5.48. The van der Waals surface area contributed by atoms with Crippen molar-refractivity contribution in [1.29, 1.82) is 0 Å². The van der Waals surface area contributed by atoms with Gasteiger partial charge >= 0.3 is 7.82 Å². The van der Waals surface area contributed by atoms with E-state index in [9.17, 15) is 19.7 Å². The third-order valence-corrected chi connectivity index (χ3v) is 6.47. The molecule has 9 heteroatoms. The van der Waals surface area contributed by atoms with E-state index in [1.807, 2.05) is 21.1 Å². The molecule has 0 spiro atoms. The van der Waals surface area contributed by atoms with E-state index in [0.29, 0.717) is 17.4 Å². The molecule has 3 N–H and O–H groups in total. The van der Waals surface area contributed by atoms with Gasteiger partial charge in [-0.3, -0.25) is 9.05 Å². The normalized spacial score (nSPS) is 16.0. The van der Waals surface area contributed by atoms with Crippen molar-refractivity contribution in [3.8, 4) is 0 Å². The van der Waals surface area contributed by atoms with Crippen LogP contribution >= 0.6 is 7.82 Å². The van der Waals surface area contributed by atoms with Crippen LogP contribution in [0, 0.1) is 0 Å². The molecule has 200 valence electrons. The average Bonchev–Trinajstić information content (AvgIpc) is 2.73. The molecule has 0 heterocycles. The van der Waals surface area contributed by atoms with E-state index in [-0.39, 0.29) is 13.2 Å². The number of quaternary nitrogens is 1. The molecule has 8 nitrogen and oxygen atoms in total. The van der Waals surface area contributed by atoms with Crippen LogP contribution in [0.4, 0.5) is 0 Å². The molecular weight excluding hydrogens is 445 g/mol. The molecule has 0 fully saturated rings. The van der Waals surface area contributed by atoms with Gasteiger partial charge in [-0.05, 0) is 12.8 Å². The van der Waals surface area contributed by atoms with Crippen LogP contribution in [0.25, 0.3) is 0 Å². The smallest absolute Gasteiger partial charge is 0.388 e. The summed E-state index contributed by atoms with van der Waals surface area (Å²) in [5.74, 6) is 0. The van der Waals surface area contributed by atoms with Gasteiger partial charge in [0.25, 0.3) is 0 Å². The molecule has 0 aliphatic heterocycles. The lowest BCUT2D eigenvalue weighted by Gasteiger charge is -2.24. The van der Waals surface area contributed by atoms with Gasteiger partial charge in [-0.25, -0.2) is 4.57 Å². The van der Waals surface area contributed by atoms with Gasteiger partial charge in [0.05, 0.1) is 34.4 Å². The zero-order chi connectivity index (χ0) is 25.0. The number of hydrogen-bond acceptors (Lipinski definition) is 6. The molecule has 0 aromatic rings. The molecule has 0 aromatic carbocycles. The van der Waals surface area contributed by atoms with Crippen molar-refractivity contribution in [1.82, 2.24) is 0 Å². The summed E-state index contributed by atoms with van der Waals surface area (Å²) in [4.78, 5) is 9.63. The minimum absolute atomic E-state index is 0.0711. The van der Waals surface area contributed by atoms with Crippen LogP contribution in [0.1, 0.15) is 96.8 Å². The zero-order valence-corrected chi connectivity index (χ0v) is 22.6. The Morgan fingerprint density at radius 1 is 0.758 bits per heavy atom. The molecule has 0 rings (SSSR count). The van der Waals surface area contributed by atoms with Crippen LogP contribution in [0.3, 0.4) is 0 Å². The maximum absolute atomic E-state index is 11.8. The van der Waals surface area contributed by atoms with Crippen LogP contribution in [0.2, 0.25) is 0 Å². The number of phosphoric ester groups is 1. The van der Waals surface area contributed by atoms with E-state index >= 15 is 0 Å². The highest BCUT2D eigenvalue weighted by atomic mass is 31.2. The topological polar surface area (TPSA) is 105 Å². The number of ether oxygens (including phenoxy) is 1. The Hall–Kier alpha value is -0.0500. The summed E-state index contributed by atoms with van der Waals surface area (Å²) in [6.07, 6.45) is 14.9. The molecule has 0 amide bonds. The quantitative estimate of drug-likeness (QED) is 0.0744. The Kier molecular flexibility index (Phi) is 20.1. The molecule has 3 atom stereocenters. The van der Waals surface area contributed by atoms with E-state index in [2.05, 4.69) is 6.92 Å². The van der Waals surface area contributed by atoms with Crippen molar-refractivity contribution in [3.63, 3.8) is 0 Å². The van der Waals surface area contributed by atoms with E-state index in [4.69, 9.17) is 13.8 Å². The largest absolute Gasteiger partial charge is 0.472 e. The number of hydrogen-bond donors (Lipinski definition) is 3. The number of phosphoric acid groups is 1. The van der Waals surface area contributed by atoms with Crippen LogP contribution < -0.4 is 0 Å². The van der Waals surface area contributed by atoms with E-state index in [1.165, 1.54) is 70.6 Å². The lowest BCUT2D eigenvalue weighted by atomic mass is 10.0. The van der Waals surface area contributed by atoms with Crippen molar-refractivity contribution in [3.05, 3.63) is 0 Å². The Balaban J connectivity index is 3.56. The summed E-state index contributed by atoms with van der Waals surface area (Å²) in [6.45, 7) is 2.30. The monoisotopic (exact) mass is 498 g/mol. The Labute approximate surface area is 202 Å². The number of aliphatic hydroxyl groups excluding tert-OH is 2. The standard InChI is InChI=1S/C24H52NO7P/c1-5-6-7-8-9-10-11-12-13-14-15-16-17-18-24(27)30-21-23(26)22-32-33(28,29)31-20-19-25(2,3)4/h23-24,26-27H,5-22H2,1-4H3/p+1/t23-,24?/m1/s1. The molecule has 0 aliphatic carbocycles. The number of rotatable bonds is 24. The predicted molar refractivity (Wildman–Crippen MR) is 133 cm³/mol. The molecular formula is C24H53NO7P+. The van der Waals surface area contributed by atoms with Gasteiger partial charge in [0, 0.05) is 0 Å². The van der Waals surface area contributed by atoms with Gasteiger partial charge in [0.2, 0.25) is 0 Å². The number of nitrogens with zero attached hydrogens (tertiary/aromatic N) is 1. The van der Waals surface area contributed by atoms with Crippen LogP contribution in [-0.2, 0) is 18.3 Å². The Morgan fingerprint density at radius 3 is 1.73 bits per heavy atom. The lowest BCUT2D eigenvalue weighted by Crippen LogP contribution is -2.37. The second-order valence-electron chi connectivity index (χ2n) is 10.1. The minimum atomic E-state index is -4.21. The van der Waals surface area contributed by atoms with E-state index < -0.39 is 26.8 Å². The molecule has 33 heavy (non-hydrogen) atoms. The van der Waals surface area contributed by atoms with Gasteiger partial charge in [-0.2, -0.15) is 0 Å². The first-order chi connectivity index (χ1) is 15.6. The highest BCUT2D eigenvalue weighted by Gasteiger charge is 2.24. The van der Waals surface area contributed by atoms with Gasteiger partial charge < -0.3 is 24.3 Å². The number of aliphatic hydroxyl groups is 2. The molecule has 0 aliphatic rings. The van der Waals surface area contributed by atoms with Crippen molar-refractivity contribution in [2.24, 2.45) is 0 Å². The summed E-state index contributed by atoms with van der Waals surface area (Å²) in [6, 6.07) is 0. The van der Waals surface area contributed by atoms with Gasteiger partial charge in [-0.15, -0.1) is 0 Å². The fourth-order valence-electron chi connectivity index (χ4n) is 3.34. The average molecular weight is 499 g/mol. The molecule has 0 aromatic heterocycles. The van der Waals surface area contributed by atoms with Crippen molar-refractivity contribution < 1.29 is 37.9 Å². The highest BCUT2D eigenvalue weighted by Crippen LogP contribution is 2.43. The third kappa shape index (κ3) is 24.9. The number of unbranched alkanes of at least 4 members (excludes halogenated alkanes) is 12. The molecule has 0 bridgehead atoms. The highest BCUT2D eigenvalue weighted by molar-refractivity contribution is 7.47. The van der Waals surface area contributed by atoms with Crippen LogP contribution in [0.15, 0.2) is 0 Å². The first-order valence-electron chi connectivity index (χ1n) is 13.0. The van der Waals surface area contributed by atoms with E-state index in [0.717, 1.165) is 12.8 Å². The maximum atomic E-state index is 11.8. The summed E-state index contributed by atoms with van der Waals surface area (Å²) >= 11 is 0. The fraction of sp³-hybridized carbons (Fsp3) is 1.00. The SMILES string of the molecule is CCCCCCCCCCCCCCCC(O)OC[C@@H](O)COP(=O)(O)OCC[N+](C)(C)C. The zero-order valence-electron chi connectivity index (χ0n) is 21.8. The number of likely N-dealkylation sites (N-methyl/N-ethyl adjacent to an activating group) is 1. The minimum Gasteiger partial charge on any atom is -0.388 e. The van der Waals surface area contributed by atoms with Crippen molar-refractivity contribution in [2.75, 3.05) is 47.5 Å². The summed E-state index contributed by atoms with van der Waals surface area (Å²) in [5.41, 5.74) is 0. The first kappa shape index (κ1) is 33.0. The fourth-order valence-corrected chi connectivity index (χ4v) is 4.09. The van der Waals surface area contributed by atoms with Crippen molar-refractivity contribution in [2.45, 2.75) is 109 Å². The maximum Gasteiger partial charge on any atom is 0.472 e. The van der Waals surface area contributed by atoms with Gasteiger partial charge in [0.15, 0.2) is 6.29 Å². The summed E-state index contributed by atoms with van der Waals surface area (Å²) in [5, 5.41) is 19.7. The molecule has 2 unspecified atom stereocenters. The Bertz CT molecular complexity index is 488. The molecule has 0 saturated carbocycles. The second-order valence-corrected chi connectivity index (χ2v) is 11.5. The van der Waals surface area contributed by atoms with Crippen LogP contribution in [0.5, 0.6) is 0 Å². The second kappa shape index (κ2) is 20.2. The lowest BCUT2D eigenvalue weighted by molar-refractivity contribution is -0.870. The van der Waals surface area contributed by atoms with Crippen LogP contribution in [-0.4, -0.2) is 79.5 Å². The summed E-state index contributed by atoms with van der Waals surface area (Å²) < 4.78 is 27.3. The molecule has 0 saturated heterocycles. The van der Waals surface area contributed by atoms with Crippen molar-refractivity contribution >= 4 is 7.82 Å². The predicted octanol–water partition coefficient (Wildman–Crippen LogP) is 5.00. The first-order valence-corrected chi connectivity index (χ1v) is 14.5.